The molecule has 1 amide bonds. The molecule has 198 valence electrons. The molecule has 8 heteroatoms. The van der Waals surface area contributed by atoms with E-state index in [4.69, 9.17) is 4.74 Å². The molecule has 1 aromatic heterocycles. The number of Topliss-reactive ketones (excluding diaryl/α,β-unsaturated/α-hetero) is 1. The molecule has 1 N–H and O–H groups in total. The molecule has 1 aliphatic rings. The van der Waals surface area contributed by atoms with Crippen molar-refractivity contribution >= 4 is 17.4 Å². The Bertz CT molecular complexity index is 1500. The van der Waals surface area contributed by atoms with Crippen molar-refractivity contribution in [1.82, 2.24) is 14.5 Å². The number of carbonyl (C=O) groups excluding carboxylic acids is 2. The molecule has 1 fully saturated rings. The molecule has 1 saturated heterocycles. The molecule has 0 saturated carbocycles. The van der Waals surface area contributed by atoms with Crippen molar-refractivity contribution in [3.05, 3.63) is 125 Å². The molecule has 0 spiro atoms. The maximum Gasteiger partial charge on any atom is 0.295 e. The summed E-state index contributed by atoms with van der Waals surface area (Å²) in [5.74, 6) is -1.79. The molecule has 1 aliphatic heterocycles. The van der Waals surface area contributed by atoms with E-state index in [0.29, 0.717) is 36.4 Å². The van der Waals surface area contributed by atoms with Crippen molar-refractivity contribution < 1.29 is 23.8 Å². The van der Waals surface area contributed by atoms with E-state index in [1.807, 2.05) is 41.1 Å². The second kappa shape index (κ2) is 11.3. The number of halogens is 1. The van der Waals surface area contributed by atoms with Crippen LogP contribution in [0.25, 0.3) is 5.76 Å². The molecule has 4 aromatic rings. The first-order valence-electron chi connectivity index (χ1n) is 12.7. The summed E-state index contributed by atoms with van der Waals surface area (Å²) in [6.45, 7) is 2.88. The summed E-state index contributed by atoms with van der Waals surface area (Å²) in [6.07, 6.45) is 5.75. The van der Waals surface area contributed by atoms with Gasteiger partial charge in [0.1, 0.15) is 23.9 Å². The number of aromatic nitrogens is 2. The van der Waals surface area contributed by atoms with E-state index >= 15 is 0 Å². The lowest BCUT2D eigenvalue weighted by molar-refractivity contribution is -0.139. The summed E-state index contributed by atoms with van der Waals surface area (Å²) in [4.78, 5) is 31.9. The third kappa shape index (κ3) is 5.60. The lowest BCUT2D eigenvalue weighted by Crippen LogP contribution is -2.31. The first kappa shape index (κ1) is 25.9. The number of aliphatic hydroxyl groups is 1. The van der Waals surface area contributed by atoms with Gasteiger partial charge in [0, 0.05) is 31.0 Å². The Balaban J connectivity index is 1.46. The molecule has 0 bridgehead atoms. The number of aliphatic hydroxyl groups excluding tert-OH is 1. The van der Waals surface area contributed by atoms with Crippen molar-refractivity contribution in [2.45, 2.75) is 32.5 Å². The normalized spacial score (nSPS) is 16.6. The highest BCUT2D eigenvalue weighted by Gasteiger charge is 2.45. The van der Waals surface area contributed by atoms with Crippen molar-refractivity contribution in [1.29, 1.82) is 0 Å². The predicted octanol–water partition coefficient (Wildman–Crippen LogP) is 5.42. The molecular weight excluding hydrogens is 497 g/mol. The van der Waals surface area contributed by atoms with Gasteiger partial charge in [-0.3, -0.25) is 9.59 Å². The van der Waals surface area contributed by atoms with E-state index < -0.39 is 29.3 Å². The Morgan fingerprint density at radius 2 is 1.79 bits per heavy atom. The predicted molar refractivity (Wildman–Crippen MR) is 144 cm³/mol. The minimum atomic E-state index is -0.833. The second-order valence-corrected chi connectivity index (χ2v) is 9.45. The summed E-state index contributed by atoms with van der Waals surface area (Å²) in [6, 6.07) is 20.3. The number of hydrogen-bond acceptors (Lipinski definition) is 5. The van der Waals surface area contributed by atoms with Crippen LogP contribution in [0, 0.1) is 12.7 Å². The lowest BCUT2D eigenvalue weighted by Gasteiger charge is -2.25. The molecule has 0 aliphatic carbocycles. The fourth-order valence-corrected chi connectivity index (χ4v) is 4.68. The fourth-order valence-electron chi connectivity index (χ4n) is 4.68. The number of amides is 1. The number of aryl methyl sites for hydroxylation is 2. The van der Waals surface area contributed by atoms with Gasteiger partial charge in [0.05, 0.1) is 17.9 Å². The maximum atomic E-state index is 14.3. The monoisotopic (exact) mass is 525 g/mol. The average molecular weight is 526 g/mol. The molecular formula is C31H28FN3O4. The second-order valence-electron chi connectivity index (χ2n) is 9.45. The summed E-state index contributed by atoms with van der Waals surface area (Å²) in [5.41, 5.74) is 2.15. The van der Waals surface area contributed by atoms with Crippen molar-refractivity contribution in [2.75, 3.05) is 6.54 Å². The first-order chi connectivity index (χ1) is 18.9. The molecule has 2 heterocycles. The summed E-state index contributed by atoms with van der Waals surface area (Å²) < 4.78 is 22.1. The fraction of sp³-hybridized carbons (Fsp3) is 0.194. The largest absolute Gasteiger partial charge is 0.507 e. The zero-order valence-electron chi connectivity index (χ0n) is 21.5. The van der Waals surface area contributed by atoms with E-state index in [9.17, 15) is 19.1 Å². The standard InChI is InChI=1S/C31H28FN3O4/c1-21-8-9-24(18-26(21)32)29(36)27-28(35(31(38)30(27)37)16-5-15-34-17-14-33-20-34)23-10-12-25(13-11-23)39-19-22-6-3-2-4-7-22/h2-4,6-14,17-18,20,28,36H,5,15-16,19H2,1H3/t28-/m0/s1. The van der Waals surface area contributed by atoms with Crippen molar-refractivity contribution in [3.8, 4) is 5.75 Å². The molecule has 3 aromatic carbocycles. The Morgan fingerprint density at radius 3 is 2.49 bits per heavy atom. The van der Waals surface area contributed by atoms with Crippen LogP contribution in [0.1, 0.15) is 34.7 Å². The quantitative estimate of drug-likeness (QED) is 0.179. The minimum absolute atomic E-state index is 0.0659. The molecule has 0 unspecified atom stereocenters. The number of imidazole rings is 1. The zero-order valence-corrected chi connectivity index (χ0v) is 21.5. The molecule has 0 radical (unpaired) electrons. The number of rotatable bonds is 9. The van der Waals surface area contributed by atoms with E-state index in [2.05, 4.69) is 4.98 Å². The zero-order chi connectivity index (χ0) is 27.4. The highest BCUT2D eigenvalue weighted by molar-refractivity contribution is 6.46. The first-order valence-corrected chi connectivity index (χ1v) is 12.7. The van der Waals surface area contributed by atoms with E-state index in [1.165, 1.54) is 23.1 Å². The third-order valence-electron chi connectivity index (χ3n) is 6.80. The van der Waals surface area contributed by atoms with Crippen LogP contribution in [-0.2, 0) is 22.7 Å². The van der Waals surface area contributed by atoms with Crippen LogP contribution >= 0.6 is 0 Å². The van der Waals surface area contributed by atoms with Crippen LogP contribution in [-0.4, -0.2) is 37.8 Å². The van der Waals surface area contributed by atoms with E-state index in [1.54, 1.807) is 43.7 Å². The van der Waals surface area contributed by atoms with Gasteiger partial charge in [0.15, 0.2) is 0 Å². The van der Waals surface area contributed by atoms with Crippen LogP contribution in [0.4, 0.5) is 4.39 Å². The number of ketones is 1. The van der Waals surface area contributed by atoms with Crippen LogP contribution in [0.3, 0.4) is 0 Å². The van der Waals surface area contributed by atoms with Crippen LogP contribution in [0.15, 0.2) is 97.1 Å². The SMILES string of the molecule is Cc1ccc(C(O)=C2C(=O)C(=O)N(CCCn3ccnc3)[C@H]2c2ccc(OCc3ccccc3)cc2)cc1F. The summed E-state index contributed by atoms with van der Waals surface area (Å²) >= 11 is 0. The summed E-state index contributed by atoms with van der Waals surface area (Å²) in [5, 5.41) is 11.2. The highest BCUT2D eigenvalue weighted by Crippen LogP contribution is 2.40. The maximum absolute atomic E-state index is 14.3. The number of benzene rings is 3. The van der Waals surface area contributed by atoms with Gasteiger partial charge < -0.3 is 19.3 Å². The minimum Gasteiger partial charge on any atom is -0.507 e. The van der Waals surface area contributed by atoms with Crippen LogP contribution in [0.5, 0.6) is 5.75 Å². The number of ether oxygens (including phenoxy) is 1. The average Bonchev–Trinajstić information content (AvgIpc) is 3.56. The van der Waals surface area contributed by atoms with Crippen LogP contribution in [0.2, 0.25) is 0 Å². The van der Waals surface area contributed by atoms with Gasteiger partial charge in [0.2, 0.25) is 0 Å². The van der Waals surface area contributed by atoms with E-state index in [-0.39, 0.29) is 17.7 Å². The highest BCUT2D eigenvalue weighted by atomic mass is 19.1. The van der Waals surface area contributed by atoms with Crippen molar-refractivity contribution in [2.24, 2.45) is 0 Å². The van der Waals surface area contributed by atoms with Gasteiger partial charge >= 0.3 is 0 Å². The Hall–Kier alpha value is -4.72. The molecule has 5 rings (SSSR count). The van der Waals surface area contributed by atoms with Gasteiger partial charge in [0.25, 0.3) is 11.7 Å². The Morgan fingerprint density at radius 1 is 1.03 bits per heavy atom. The molecule has 1 atom stereocenters. The smallest absolute Gasteiger partial charge is 0.295 e. The lowest BCUT2D eigenvalue weighted by atomic mass is 9.95. The topological polar surface area (TPSA) is 84.7 Å². The number of carbonyl (C=O) groups is 2. The van der Waals surface area contributed by atoms with Gasteiger partial charge in [-0.25, -0.2) is 9.37 Å². The van der Waals surface area contributed by atoms with E-state index in [0.717, 1.165) is 5.56 Å². The Kier molecular flexibility index (Phi) is 7.54. The molecule has 39 heavy (non-hydrogen) atoms. The number of nitrogens with zero attached hydrogens (tertiary/aromatic N) is 3. The molecule has 7 nitrogen and oxygen atoms in total. The number of likely N-dealkylation sites (tertiary alicyclic amines) is 1. The van der Waals surface area contributed by atoms with Gasteiger partial charge in [-0.2, -0.15) is 0 Å². The van der Waals surface area contributed by atoms with Crippen molar-refractivity contribution in [3.63, 3.8) is 0 Å². The summed E-state index contributed by atoms with van der Waals surface area (Å²) in [7, 11) is 0. The van der Waals surface area contributed by atoms with Gasteiger partial charge in [-0.05, 0) is 48.2 Å². The third-order valence-corrected chi connectivity index (χ3v) is 6.80. The van der Waals surface area contributed by atoms with Gasteiger partial charge in [-0.15, -0.1) is 0 Å². The number of hydrogen-bond donors (Lipinski definition) is 1. The van der Waals surface area contributed by atoms with Gasteiger partial charge in [-0.1, -0.05) is 54.6 Å². The van der Waals surface area contributed by atoms with Crippen LogP contribution < -0.4 is 4.74 Å². The Labute approximate surface area is 225 Å².